The Labute approximate surface area is 216 Å². The molecular formula is C27H28BrNO5S. The van der Waals surface area contributed by atoms with Crippen LogP contribution in [-0.2, 0) is 16.1 Å². The molecule has 1 saturated carbocycles. The average Bonchev–Trinajstić information content (AvgIpc) is 3.44. The summed E-state index contributed by atoms with van der Waals surface area (Å²) in [6, 6.07) is 12.9. The lowest BCUT2D eigenvalue weighted by molar-refractivity contribution is -0.151. The molecule has 0 saturated heterocycles. The Morgan fingerprint density at radius 3 is 2.34 bits per heavy atom. The van der Waals surface area contributed by atoms with Gasteiger partial charge in [0.15, 0.2) is 0 Å². The molecule has 1 aliphatic rings. The predicted molar refractivity (Wildman–Crippen MR) is 141 cm³/mol. The first kappa shape index (κ1) is 25.4. The van der Waals surface area contributed by atoms with Crippen molar-refractivity contribution in [2.24, 2.45) is 5.41 Å². The third kappa shape index (κ3) is 5.28. The second-order valence-electron chi connectivity index (χ2n) is 9.25. The molecule has 1 aliphatic carbocycles. The zero-order valence-electron chi connectivity index (χ0n) is 19.6. The number of amides is 1. The summed E-state index contributed by atoms with van der Waals surface area (Å²) in [5.41, 5.74) is 1.26. The molecule has 0 aliphatic heterocycles. The number of fused-ring (bicyclic) bond motifs is 1. The highest BCUT2D eigenvalue weighted by atomic mass is 79.9. The molecule has 3 aromatic rings. The van der Waals surface area contributed by atoms with Gasteiger partial charge in [-0.1, -0.05) is 38.0 Å². The second kappa shape index (κ2) is 10.5. The minimum atomic E-state index is -0.957. The van der Waals surface area contributed by atoms with E-state index in [2.05, 4.69) is 22.0 Å². The van der Waals surface area contributed by atoms with Crippen molar-refractivity contribution in [3.63, 3.8) is 0 Å². The number of carbonyl (C=O) groups is 3. The molecule has 0 spiro atoms. The molecule has 8 heteroatoms. The molecule has 0 bridgehead atoms. The van der Waals surface area contributed by atoms with Crippen LogP contribution in [-0.4, -0.2) is 39.5 Å². The number of carbonyl (C=O) groups excluding carboxylic acids is 1. The van der Waals surface area contributed by atoms with Crippen molar-refractivity contribution in [2.45, 2.75) is 52.0 Å². The smallest absolute Gasteiger partial charge is 0.335 e. The Balaban J connectivity index is 1.63. The number of benzene rings is 2. The minimum Gasteiger partial charge on any atom is -0.481 e. The highest BCUT2D eigenvalue weighted by molar-refractivity contribution is 9.10. The van der Waals surface area contributed by atoms with Gasteiger partial charge in [0.25, 0.3) is 0 Å². The van der Waals surface area contributed by atoms with Crippen LogP contribution in [0.15, 0.2) is 46.9 Å². The fourth-order valence-electron chi connectivity index (χ4n) is 4.84. The monoisotopic (exact) mass is 557 g/mol. The standard InChI is InChI=1S/C27H28BrNO5S/c1-2-5-22(30)29(16-27(26(33)34)12-3-4-13-27)15-17-6-11-21-20(14-17)23(28)24(35-21)18-7-9-19(10-8-18)25(31)32/h6-11,14H,2-5,12-13,15-16H2,1H3,(H,31,32)(H,33,34). The maximum absolute atomic E-state index is 13.0. The number of nitrogens with zero attached hydrogens (tertiary/aromatic N) is 1. The van der Waals surface area contributed by atoms with Crippen molar-refractivity contribution in [1.29, 1.82) is 0 Å². The Hall–Kier alpha value is -2.71. The zero-order chi connectivity index (χ0) is 25.2. The minimum absolute atomic E-state index is 0.0104. The molecule has 1 aromatic heterocycles. The Bertz CT molecular complexity index is 1260. The van der Waals surface area contributed by atoms with Crippen molar-refractivity contribution in [1.82, 2.24) is 4.90 Å². The zero-order valence-corrected chi connectivity index (χ0v) is 22.0. The number of aromatic carboxylic acids is 1. The van der Waals surface area contributed by atoms with Crippen LogP contribution in [0.25, 0.3) is 20.5 Å². The number of halogens is 1. The van der Waals surface area contributed by atoms with Crippen LogP contribution < -0.4 is 0 Å². The Morgan fingerprint density at radius 1 is 1.06 bits per heavy atom. The van der Waals surface area contributed by atoms with Crippen LogP contribution in [0.3, 0.4) is 0 Å². The largest absolute Gasteiger partial charge is 0.481 e. The second-order valence-corrected chi connectivity index (χ2v) is 11.1. The lowest BCUT2D eigenvalue weighted by atomic mass is 9.85. The SMILES string of the molecule is CCCC(=O)N(Cc1ccc2sc(-c3ccc(C(=O)O)cc3)c(Br)c2c1)CC1(C(=O)O)CCCC1. The van der Waals surface area contributed by atoms with E-state index < -0.39 is 17.4 Å². The van der Waals surface area contributed by atoms with Gasteiger partial charge in [0.2, 0.25) is 5.91 Å². The predicted octanol–water partition coefficient (Wildman–Crippen LogP) is 6.80. The van der Waals surface area contributed by atoms with Gasteiger partial charge >= 0.3 is 11.9 Å². The summed E-state index contributed by atoms with van der Waals surface area (Å²) in [6.07, 6.45) is 4.10. The first-order valence-corrected chi connectivity index (χ1v) is 13.4. The Kier molecular flexibility index (Phi) is 7.62. The maximum Gasteiger partial charge on any atom is 0.335 e. The molecule has 35 heavy (non-hydrogen) atoms. The molecule has 2 N–H and O–H groups in total. The Morgan fingerprint density at radius 2 is 1.74 bits per heavy atom. The van der Waals surface area contributed by atoms with E-state index >= 15 is 0 Å². The van der Waals surface area contributed by atoms with Gasteiger partial charge in [-0.15, -0.1) is 11.3 Å². The summed E-state index contributed by atoms with van der Waals surface area (Å²) < 4.78 is 1.99. The summed E-state index contributed by atoms with van der Waals surface area (Å²) in [5.74, 6) is -1.77. The van der Waals surface area contributed by atoms with Crippen LogP contribution in [0.4, 0.5) is 0 Å². The summed E-state index contributed by atoms with van der Waals surface area (Å²) >= 11 is 5.33. The first-order chi connectivity index (χ1) is 16.7. The summed E-state index contributed by atoms with van der Waals surface area (Å²) in [6.45, 7) is 2.57. The molecular weight excluding hydrogens is 530 g/mol. The van der Waals surface area contributed by atoms with Crippen LogP contribution in [0.2, 0.25) is 0 Å². The van der Waals surface area contributed by atoms with Crippen LogP contribution in [0, 0.1) is 5.41 Å². The van der Waals surface area contributed by atoms with Crippen molar-refractivity contribution >= 4 is 55.2 Å². The van der Waals surface area contributed by atoms with Crippen molar-refractivity contribution in [3.8, 4) is 10.4 Å². The summed E-state index contributed by atoms with van der Waals surface area (Å²) in [7, 11) is 0. The lowest BCUT2D eigenvalue weighted by Crippen LogP contribution is -2.43. The van der Waals surface area contributed by atoms with E-state index in [1.54, 1.807) is 40.5 Å². The molecule has 0 radical (unpaired) electrons. The van der Waals surface area contributed by atoms with Gasteiger partial charge in [-0.25, -0.2) is 4.79 Å². The van der Waals surface area contributed by atoms with Crippen molar-refractivity contribution in [2.75, 3.05) is 6.54 Å². The lowest BCUT2D eigenvalue weighted by Gasteiger charge is -2.32. The fraction of sp³-hybridized carbons (Fsp3) is 0.370. The van der Waals surface area contributed by atoms with E-state index in [0.29, 0.717) is 32.2 Å². The van der Waals surface area contributed by atoms with Gasteiger partial charge in [-0.05, 0) is 70.6 Å². The number of aliphatic carboxylic acids is 1. The highest BCUT2D eigenvalue weighted by Crippen LogP contribution is 2.43. The molecule has 1 amide bonds. The molecule has 1 heterocycles. The molecule has 0 atom stereocenters. The van der Waals surface area contributed by atoms with E-state index in [-0.39, 0.29) is 18.0 Å². The number of carboxylic acid groups (broad SMARTS) is 2. The number of thiophene rings is 1. The number of hydrogen-bond donors (Lipinski definition) is 2. The first-order valence-electron chi connectivity index (χ1n) is 11.8. The normalized spacial score (nSPS) is 14.8. The van der Waals surface area contributed by atoms with Crippen LogP contribution in [0.5, 0.6) is 0 Å². The van der Waals surface area contributed by atoms with Gasteiger partial charge in [-0.2, -0.15) is 0 Å². The fourth-order valence-corrected chi connectivity index (χ4v) is 6.86. The van der Waals surface area contributed by atoms with Gasteiger partial charge in [0.05, 0.1) is 11.0 Å². The topological polar surface area (TPSA) is 94.9 Å². The summed E-state index contributed by atoms with van der Waals surface area (Å²) in [5, 5.41) is 20.1. The molecule has 0 unspecified atom stereocenters. The highest BCUT2D eigenvalue weighted by Gasteiger charge is 2.43. The maximum atomic E-state index is 13.0. The number of hydrogen-bond acceptors (Lipinski definition) is 4. The third-order valence-corrected chi connectivity index (χ3v) is 9.09. The van der Waals surface area contributed by atoms with Gasteiger partial charge in [0.1, 0.15) is 0 Å². The van der Waals surface area contributed by atoms with Gasteiger partial charge in [0, 0.05) is 38.9 Å². The molecule has 4 rings (SSSR count). The van der Waals surface area contributed by atoms with Crippen LogP contribution in [0.1, 0.15) is 61.4 Å². The molecule has 1 fully saturated rings. The van der Waals surface area contributed by atoms with E-state index in [9.17, 15) is 19.5 Å². The van der Waals surface area contributed by atoms with E-state index in [1.807, 2.05) is 19.1 Å². The molecule has 2 aromatic carbocycles. The number of carboxylic acids is 2. The van der Waals surface area contributed by atoms with Crippen molar-refractivity contribution < 1.29 is 24.6 Å². The number of rotatable bonds is 9. The average molecular weight is 558 g/mol. The van der Waals surface area contributed by atoms with E-state index in [4.69, 9.17) is 5.11 Å². The van der Waals surface area contributed by atoms with Crippen molar-refractivity contribution in [3.05, 3.63) is 58.1 Å². The van der Waals surface area contributed by atoms with Gasteiger partial charge in [-0.3, -0.25) is 9.59 Å². The quantitative estimate of drug-likeness (QED) is 0.301. The van der Waals surface area contributed by atoms with Crippen LogP contribution >= 0.6 is 27.3 Å². The van der Waals surface area contributed by atoms with E-state index in [1.165, 1.54) is 0 Å². The molecule has 184 valence electrons. The van der Waals surface area contributed by atoms with E-state index in [0.717, 1.165) is 43.4 Å². The third-order valence-electron chi connectivity index (χ3n) is 6.78. The molecule has 6 nitrogen and oxygen atoms in total. The summed E-state index contributed by atoms with van der Waals surface area (Å²) in [4.78, 5) is 39.0. The van der Waals surface area contributed by atoms with Gasteiger partial charge < -0.3 is 15.1 Å².